The molecule has 1 atom stereocenters. The Kier molecular flexibility index (Phi) is 7.91. The normalized spacial score (nSPS) is 12.4. The zero-order chi connectivity index (χ0) is 21.4. The highest BCUT2D eigenvalue weighted by Gasteiger charge is 2.20. The smallest absolute Gasteiger partial charge is 0.323 e. The average molecular weight is 424 g/mol. The SMILES string of the molecule is CCCS(=O)(=O)N(C)C[C@H](C)Oc1cc(F)cc(NC(=O)Nc2cccnc2)c1. The van der Waals surface area contributed by atoms with Gasteiger partial charge >= 0.3 is 6.03 Å². The fourth-order valence-corrected chi connectivity index (χ4v) is 3.86. The Hall–Kier alpha value is -2.72. The van der Waals surface area contributed by atoms with E-state index in [0.717, 1.165) is 6.07 Å². The molecule has 0 aliphatic carbocycles. The summed E-state index contributed by atoms with van der Waals surface area (Å²) in [6, 6.07) is 6.55. The second-order valence-corrected chi connectivity index (χ2v) is 8.72. The summed E-state index contributed by atoms with van der Waals surface area (Å²) in [5.41, 5.74) is 0.684. The van der Waals surface area contributed by atoms with Crippen LogP contribution < -0.4 is 15.4 Å². The van der Waals surface area contributed by atoms with Crippen molar-refractivity contribution in [1.29, 1.82) is 0 Å². The van der Waals surface area contributed by atoms with Crippen LogP contribution in [0.1, 0.15) is 20.3 Å². The molecule has 158 valence electrons. The Morgan fingerprint density at radius 1 is 1.28 bits per heavy atom. The maximum atomic E-state index is 13.9. The first-order valence-electron chi connectivity index (χ1n) is 9.09. The molecular weight excluding hydrogens is 399 g/mol. The molecule has 0 spiro atoms. The Labute approximate surface area is 170 Å². The fourth-order valence-electron chi connectivity index (χ4n) is 2.59. The van der Waals surface area contributed by atoms with E-state index in [1.165, 1.54) is 29.7 Å². The molecule has 1 aromatic carbocycles. The Bertz CT molecular complexity index is 925. The van der Waals surface area contributed by atoms with Gasteiger partial charge in [0.25, 0.3) is 0 Å². The van der Waals surface area contributed by atoms with E-state index < -0.39 is 28.0 Å². The number of pyridine rings is 1. The molecular formula is C19H25FN4O4S. The second kappa shape index (κ2) is 10.2. The van der Waals surface area contributed by atoms with E-state index in [-0.39, 0.29) is 23.7 Å². The number of benzene rings is 1. The van der Waals surface area contributed by atoms with Crippen molar-refractivity contribution in [1.82, 2.24) is 9.29 Å². The first kappa shape index (κ1) is 22.6. The summed E-state index contributed by atoms with van der Waals surface area (Å²) in [4.78, 5) is 15.9. The number of aromatic nitrogens is 1. The number of anilines is 2. The van der Waals surface area contributed by atoms with Crippen LogP contribution in [0.2, 0.25) is 0 Å². The van der Waals surface area contributed by atoms with Crippen LogP contribution in [0, 0.1) is 5.82 Å². The van der Waals surface area contributed by atoms with Gasteiger partial charge in [-0.3, -0.25) is 4.98 Å². The number of hydrogen-bond acceptors (Lipinski definition) is 5. The molecule has 1 aromatic heterocycles. The van der Waals surface area contributed by atoms with Crippen molar-refractivity contribution in [2.45, 2.75) is 26.4 Å². The zero-order valence-electron chi connectivity index (χ0n) is 16.6. The summed E-state index contributed by atoms with van der Waals surface area (Å²) in [5, 5.41) is 5.10. The summed E-state index contributed by atoms with van der Waals surface area (Å²) >= 11 is 0. The minimum Gasteiger partial charge on any atom is -0.489 e. The van der Waals surface area contributed by atoms with Gasteiger partial charge in [0.1, 0.15) is 17.7 Å². The highest BCUT2D eigenvalue weighted by Crippen LogP contribution is 2.22. The number of nitrogens with zero attached hydrogens (tertiary/aromatic N) is 2. The standard InChI is InChI=1S/C19H25FN4O4S/c1-4-8-29(26,27)24(3)13-14(2)28-18-10-15(20)9-17(11-18)23-19(25)22-16-6-5-7-21-12-16/h5-7,9-12,14H,4,8,13H2,1-3H3,(H2,22,23,25)/t14-/m0/s1. The molecule has 0 saturated carbocycles. The number of ether oxygens (including phenoxy) is 1. The number of hydrogen-bond donors (Lipinski definition) is 2. The van der Waals surface area contributed by atoms with Crippen molar-refractivity contribution in [2.75, 3.05) is 30.0 Å². The molecule has 0 fully saturated rings. The summed E-state index contributed by atoms with van der Waals surface area (Å²) in [7, 11) is -1.87. The molecule has 29 heavy (non-hydrogen) atoms. The van der Waals surface area contributed by atoms with Gasteiger partial charge in [0.05, 0.1) is 24.2 Å². The molecule has 10 heteroatoms. The summed E-state index contributed by atoms with van der Waals surface area (Å²) < 4.78 is 44.9. The molecule has 0 saturated heterocycles. The predicted octanol–water partition coefficient (Wildman–Crippen LogP) is 3.30. The largest absolute Gasteiger partial charge is 0.489 e. The molecule has 0 aliphatic rings. The van der Waals surface area contributed by atoms with Crippen LogP contribution in [0.3, 0.4) is 0 Å². The number of urea groups is 1. The van der Waals surface area contributed by atoms with Crippen LogP contribution >= 0.6 is 0 Å². The third-order valence-corrected chi connectivity index (χ3v) is 5.86. The quantitative estimate of drug-likeness (QED) is 0.643. The first-order valence-corrected chi connectivity index (χ1v) is 10.7. The van der Waals surface area contributed by atoms with E-state index in [9.17, 15) is 17.6 Å². The average Bonchev–Trinajstić information content (AvgIpc) is 2.61. The van der Waals surface area contributed by atoms with Gasteiger partial charge in [0, 0.05) is 31.1 Å². The maximum Gasteiger partial charge on any atom is 0.323 e. The molecule has 0 unspecified atom stereocenters. The van der Waals surface area contributed by atoms with Crippen LogP contribution in [0.4, 0.5) is 20.6 Å². The minimum absolute atomic E-state index is 0.0519. The fraction of sp³-hybridized carbons (Fsp3) is 0.368. The van der Waals surface area contributed by atoms with E-state index >= 15 is 0 Å². The lowest BCUT2D eigenvalue weighted by Crippen LogP contribution is -2.36. The number of sulfonamides is 1. The molecule has 0 aliphatic heterocycles. The van der Waals surface area contributed by atoms with Gasteiger partial charge in [-0.25, -0.2) is 21.9 Å². The van der Waals surface area contributed by atoms with E-state index in [2.05, 4.69) is 15.6 Å². The molecule has 0 bridgehead atoms. The van der Waals surface area contributed by atoms with Crippen molar-refractivity contribution in [3.63, 3.8) is 0 Å². The molecule has 2 N–H and O–H groups in total. The Balaban J connectivity index is 2.00. The van der Waals surface area contributed by atoms with Crippen LogP contribution in [-0.2, 0) is 10.0 Å². The maximum absolute atomic E-state index is 13.9. The summed E-state index contributed by atoms with van der Waals surface area (Å²) in [6.07, 6.45) is 3.04. The Morgan fingerprint density at radius 2 is 2.00 bits per heavy atom. The van der Waals surface area contributed by atoms with Gasteiger partial charge in [-0.1, -0.05) is 6.92 Å². The van der Waals surface area contributed by atoms with Crippen LogP contribution in [0.5, 0.6) is 5.75 Å². The molecule has 2 aromatic rings. The number of amides is 2. The van der Waals surface area contributed by atoms with Crippen molar-refractivity contribution >= 4 is 27.4 Å². The van der Waals surface area contributed by atoms with Crippen molar-refractivity contribution < 1.29 is 22.3 Å². The molecule has 1 heterocycles. The number of carbonyl (C=O) groups excluding carboxylic acids is 1. The molecule has 2 rings (SSSR count). The van der Waals surface area contributed by atoms with E-state index in [0.29, 0.717) is 12.1 Å². The van der Waals surface area contributed by atoms with Gasteiger partial charge in [0.2, 0.25) is 10.0 Å². The topological polar surface area (TPSA) is 101 Å². The van der Waals surface area contributed by atoms with Crippen molar-refractivity contribution in [3.8, 4) is 5.75 Å². The van der Waals surface area contributed by atoms with Gasteiger partial charge in [-0.05, 0) is 31.5 Å². The van der Waals surface area contributed by atoms with Crippen molar-refractivity contribution in [3.05, 3.63) is 48.5 Å². The van der Waals surface area contributed by atoms with Crippen LogP contribution in [0.25, 0.3) is 0 Å². The highest BCUT2D eigenvalue weighted by molar-refractivity contribution is 7.89. The number of rotatable bonds is 9. The first-order chi connectivity index (χ1) is 13.7. The predicted molar refractivity (Wildman–Crippen MR) is 110 cm³/mol. The van der Waals surface area contributed by atoms with E-state index in [4.69, 9.17) is 4.74 Å². The van der Waals surface area contributed by atoms with Gasteiger partial charge in [-0.15, -0.1) is 0 Å². The number of nitrogens with one attached hydrogen (secondary N) is 2. The molecule has 8 nitrogen and oxygen atoms in total. The lowest BCUT2D eigenvalue weighted by Gasteiger charge is -2.22. The van der Waals surface area contributed by atoms with Crippen LogP contribution in [-0.4, -0.2) is 49.2 Å². The number of carbonyl (C=O) groups is 1. The number of halogens is 1. The number of likely N-dealkylation sites (N-methyl/N-ethyl adjacent to an activating group) is 1. The monoisotopic (exact) mass is 424 g/mol. The zero-order valence-corrected chi connectivity index (χ0v) is 17.4. The van der Waals surface area contributed by atoms with Crippen molar-refractivity contribution in [2.24, 2.45) is 0 Å². The van der Waals surface area contributed by atoms with Gasteiger partial charge < -0.3 is 15.4 Å². The van der Waals surface area contributed by atoms with E-state index in [1.54, 1.807) is 32.2 Å². The van der Waals surface area contributed by atoms with E-state index in [1.807, 2.05) is 0 Å². The minimum atomic E-state index is -3.35. The van der Waals surface area contributed by atoms with Gasteiger partial charge in [0.15, 0.2) is 0 Å². The summed E-state index contributed by atoms with van der Waals surface area (Å²) in [5.74, 6) is -0.371. The third kappa shape index (κ3) is 7.31. The van der Waals surface area contributed by atoms with Gasteiger partial charge in [-0.2, -0.15) is 0 Å². The summed E-state index contributed by atoms with van der Waals surface area (Å²) in [6.45, 7) is 3.59. The van der Waals surface area contributed by atoms with Crippen LogP contribution in [0.15, 0.2) is 42.7 Å². The lowest BCUT2D eigenvalue weighted by molar-refractivity contribution is 0.195. The Morgan fingerprint density at radius 3 is 2.66 bits per heavy atom. The molecule has 0 radical (unpaired) electrons. The second-order valence-electron chi connectivity index (χ2n) is 6.52. The third-order valence-electron chi connectivity index (χ3n) is 3.84. The molecule has 2 amide bonds. The lowest BCUT2D eigenvalue weighted by atomic mass is 10.3. The highest BCUT2D eigenvalue weighted by atomic mass is 32.2.